The Morgan fingerprint density at radius 1 is 1.50 bits per heavy atom. The number of anilines is 1. The van der Waals surface area contributed by atoms with Crippen LogP contribution in [0.1, 0.15) is 5.69 Å². The topological polar surface area (TPSA) is 107 Å². The fourth-order valence-corrected chi connectivity index (χ4v) is 0.574. The zero-order valence-electron chi connectivity index (χ0n) is 5.70. The lowest BCUT2D eigenvalue weighted by atomic mass is 10.4. The van der Waals surface area contributed by atoms with Gasteiger partial charge in [0.1, 0.15) is 0 Å². The van der Waals surface area contributed by atoms with Crippen molar-refractivity contribution in [2.45, 2.75) is 6.92 Å². The summed E-state index contributed by atoms with van der Waals surface area (Å²) in [7, 11) is 0. The van der Waals surface area contributed by atoms with Gasteiger partial charge < -0.3 is 17.0 Å². The van der Waals surface area contributed by atoms with Crippen LogP contribution in [-0.2, 0) is 0 Å². The van der Waals surface area contributed by atoms with Crippen LogP contribution in [0.25, 0.3) is 0 Å². The van der Waals surface area contributed by atoms with E-state index in [0.717, 1.165) is 0 Å². The minimum absolute atomic E-state index is 0. The van der Waals surface area contributed by atoms with E-state index >= 15 is 0 Å². The Hall–Kier alpha value is -1.36. The molecule has 6 N–H and O–H groups in total. The summed E-state index contributed by atoms with van der Waals surface area (Å²) in [5, 5.41) is 8.76. The van der Waals surface area contributed by atoms with Crippen LogP contribution in [0.2, 0.25) is 0 Å². The molecule has 1 aromatic heterocycles. The van der Waals surface area contributed by atoms with E-state index in [1.165, 1.54) is 6.07 Å². The van der Waals surface area contributed by atoms with Gasteiger partial charge in [0.2, 0.25) is 11.8 Å². The fraction of sp³-hybridized carbons (Fsp3) is 0.200. The largest absolute Gasteiger partial charge is 0.493 e. The normalized spacial score (nSPS) is 8.50. The Morgan fingerprint density at radius 3 is 2.50 bits per heavy atom. The molecule has 0 saturated heterocycles. The van der Waals surface area contributed by atoms with Crippen LogP contribution < -0.4 is 11.9 Å². The maximum atomic E-state index is 8.76. The van der Waals surface area contributed by atoms with Crippen LogP contribution in [-0.4, -0.2) is 15.1 Å². The number of aromatic hydroxyl groups is 1. The maximum absolute atomic E-state index is 8.76. The summed E-state index contributed by atoms with van der Waals surface area (Å²) in [4.78, 5) is 7.20. The molecule has 0 spiro atoms. The molecule has 5 heteroatoms. The second-order valence-corrected chi connectivity index (χ2v) is 1.73. The Morgan fingerprint density at radius 2 is 2.10 bits per heavy atom. The SMILES string of the molecule is Cc1cc(O)nc(N)n1.N. The number of hydrogen-bond acceptors (Lipinski definition) is 5. The van der Waals surface area contributed by atoms with Gasteiger partial charge in [-0.2, -0.15) is 4.98 Å². The van der Waals surface area contributed by atoms with Crippen molar-refractivity contribution in [3.63, 3.8) is 0 Å². The molecule has 0 fully saturated rings. The summed E-state index contributed by atoms with van der Waals surface area (Å²) in [6.45, 7) is 1.73. The second kappa shape index (κ2) is 2.98. The molecule has 0 radical (unpaired) electrons. The lowest BCUT2D eigenvalue weighted by Crippen LogP contribution is -1.94. The van der Waals surface area contributed by atoms with E-state index in [9.17, 15) is 0 Å². The van der Waals surface area contributed by atoms with Gasteiger partial charge in [-0.3, -0.25) is 0 Å². The molecule has 5 nitrogen and oxygen atoms in total. The summed E-state index contributed by atoms with van der Waals surface area (Å²) in [6, 6.07) is 1.44. The molecule has 0 saturated carbocycles. The van der Waals surface area contributed by atoms with E-state index in [2.05, 4.69) is 9.97 Å². The highest BCUT2D eigenvalue weighted by molar-refractivity contribution is 5.23. The first kappa shape index (κ1) is 8.64. The third kappa shape index (κ3) is 1.87. The van der Waals surface area contributed by atoms with E-state index in [0.29, 0.717) is 5.69 Å². The van der Waals surface area contributed by atoms with Gasteiger partial charge in [0, 0.05) is 11.8 Å². The minimum atomic E-state index is -0.0833. The molecule has 0 unspecified atom stereocenters. The highest BCUT2D eigenvalue weighted by atomic mass is 16.3. The van der Waals surface area contributed by atoms with Crippen LogP contribution in [0.4, 0.5) is 5.95 Å². The summed E-state index contributed by atoms with van der Waals surface area (Å²) in [5.74, 6) is 0.0208. The van der Waals surface area contributed by atoms with E-state index in [-0.39, 0.29) is 18.0 Å². The van der Waals surface area contributed by atoms with Gasteiger partial charge in [-0.1, -0.05) is 0 Å². The zero-order chi connectivity index (χ0) is 6.85. The summed E-state index contributed by atoms with van der Waals surface area (Å²) in [5.41, 5.74) is 5.84. The standard InChI is InChI=1S/C5H7N3O.H3N/c1-3-2-4(9)8-5(6)7-3;/h2H,1H3,(H3,6,7,8,9);1H3. The maximum Gasteiger partial charge on any atom is 0.223 e. The Labute approximate surface area is 58.5 Å². The van der Waals surface area contributed by atoms with Gasteiger partial charge in [-0.25, -0.2) is 4.98 Å². The van der Waals surface area contributed by atoms with Crippen molar-refractivity contribution < 1.29 is 5.11 Å². The molecule has 1 rings (SSSR count). The van der Waals surface area contributed by atoms with Gasteiger partial charge in [-0.05, 0) is 6.92 Å². The number of aromatic nitrogens is 2. The van der Waals surface area contributed by atoms with Crippen molar-refractivity contribution in [3.05, 3.63) is 11.8 Å². The molecule has 1 heterocycles. The molecule has 0 aromatic carbocycles. The molecule has 0 aliphatic carbocycles. The number of rotatable bonds is 0. The van der Waals surface area contributed by atoms with Crippen LogP contribution in [0, 0.1) is 6.92 Å². The average Bonchev–Trinajstić information content (AvgIpc) is 1.59. The highest BCUT2D eigenvalue weighted by Gasteiger charge is 1.93. The monoisotopic (exact) mass is 142 g/mol. The Kier molecular flexibility index (Phi) is 2.57. The summed E-state index contributed by atoms with van der Waals surface area (Å²) < 4.78 is 0. The Balaban J connectivity index is 0.000000810. The van der Waals surface area contributed by atoms with Crippen molar-refractivity contribution in [1.29, 1.82) is 0 Å². The second-order valence-electron chi connectivity index (χ2n) is 1.73. The number of nitrogens with zero attached hydrogens (tertiary/aromatic N) is 2. The third-order valence-corrected chi connectivity index (χ3v) is 0.858. The van der Waals surface area contributed by atoms with Gasteiger partial charge >= 0.3 is 0 Å². The molecule has 0 aliphatic rings. The molecular weight excluding hydrogens is 132 g/mol. The zero-order valence-corrected chi connectivity index (χ0v) is 5.70. The average molecular weight is 142 g/mol. The molecule has 0 bridgehead atoms. The first-order valence-electron chi connectivity index (χ1n) is 2.48. The van der Waals surface area contributed by atoms with E-state index in [4.69, 9.17) is 10.8 Å². The molecule has 0 aliphatic heterocycles. The van der Waals surface area contributed by atoms with Gasteiger partial charge in [0.15, 0.2) is 0 Å². The first-order chi connectivity index (χ1) is 4.18. The number of hydrogen-bond donors (Lipinski definition) is 3. The van der Waals surface area contributed by atoms with Crippen molar-refractivity contribution in [2.75, 3.05) is 5.73 Å². The lowest BCUT2D eigenvalue weighted by Gasteiger charge is -1.93. The minimum Gasteiger partial charge on any atom is -0.493 e. The molecule has 10 heavy (non-hydrogen) atoms. The van der Waals surface area contributed by atoms with Crippen molar-refractivity contribution in [3.8, 4) is 5.88 Å². The van der Waals surface area contributed by atoms with Crippen molar-refractivity contribution in [2.24, 2.45) is 0 Å². The number of nitrogens with two attached hydrogens (primary N) is 1. The predicted molar refractivity (Wildman–Crippen MR) is 37.9 cm³/mol. The van der Waals surface area contributed by atoms with Crippen molar-refractivity contribution in [1.82, 2.24) is 16.1 Å². The number of nitrogen functional groups attached to an aromatic ring is 1. The van der Waals surface area contributed by atoms with E-state index in [1.54, 1.807) is 6.92 Å². The first-order valence-corrected chi connectivity index (χ1v) is 2.48. The molecule has 1 aromatic rings. The van der Waals surface area contributed by atoms with Crippen LogP contribution in [0.15, 0.2) is 6.07 Å². The van der Waals surface area contributed by atoms with Crippen molar-refractivity contribution >= 4 is 5.95 Å². The molecule has 0 amide bonds. The van der Waals surface area contributed by atoms with E-state index in [1.807, 2.05) is 0 Å². The Bertz CT molecular complexity index is 174. The predicted octanol–water partition coefficient (Wildman–Crippen LogP) is 0.235. The van der Waals surface area contributed by atoms with Crippen LogP contribution >= 0.6 is 0 Å². The number of aryl methyl sites for hydroxylation is 1. The van der Waals surface area contributed by atoms with Crippen LogP contribution in [0.5, 0.6) is 5.88 Å². The van der Waals surface area contributed by atoms with E-state index < -0.39 is 0 Å². The summed E-state index contributed by atoms with van der Waals surface area (Å²) >= 11 is 0. The third-order valence-electron chi connectivity index (χ3n) is 0.858. The highest BCUT2D eigenvalue weighted by Crippen LogP contribution is 2.05. The quantitative estimate of drug-likeness (QED) is 0.480. The van der Waals surface area contributed by atoms with Gasteiger partial charge in [-0.15, -0.1) is 0 Å². The summed E-state index contributed by atoms with van der Waals surface area (Å²) in [6.07, 6.45) is 0. The van der Waals surface area contributed by atoms with Crippen LogP contribution in [0.3, 0.4) is 0 Å². The van der Waals surface area contributed by atoms with Gasteiger partial charge in [0.05, 0.1) is 0 Å². The molecule has 0 atom stereocenters. The molecule has 56 valence electrons. The van der Waals surface area contributed by atoms with Gasteiger partial charge in [0.25, 0.3) is 0 Å². The molecular formula is C5H10N4O. The lowest BCUT2D eigenvalue weighted by molar-refractivity contribution is 0.452. The fourth-order valence-electron chi connectivity index (χ4n) is 0.574. The smallest absolute Gasteiger partial charge is 0.223 e.